The molecule has 112 valence electrons. The summed E-state index contributed by atoms with van der Waals surface area (Å²) in [4.78, 5) is 2.64. The second-order valence-corrected chi connectivity index (χ2v) is 6.92. The van der Waals surface area contributed by atoms with Gasteiger partial charge in [-0.3, -0.25) is 0 Å². The van der Waals surface area contributed by atoms with Crippen molar-refractivity contribution >= 4 is 11.3 Å². The third-order valence-electron chi connectivity index (χ3n) is 3.68. The highest BCUT2D eigenvalue weighted by molar-refractivity contribution is 7.12. The maximum atomic E-state index is 5.89. The highest BCUT2D eigenvalue weighted by atomic mass is 32.1. The second kappa shape index (κ2) is 6.08. The molecule has 0 saturated carbocycles. The zero-order valence-electron chi connectivity index (χ0n) is 12.7. The minimum absolute atomic E-state index is 0.193. The average Bonchev–Trinajstić information content (AvgIpc) is 2.81. The van der Waals surface area contributed by atoms with Gasteiger partial charge in [0.05, 0.1) is 19.3 Å². The number of hydrogen-bond donors (Lipinski definition) is 1. The Kier molecular flexibility index (Phi) is 4.17. The Balaban J connectivity index is 1.92. The van der Waals surface area contributed by atoms with E-state index in [1.165, 1.54) is 15.3 Å². The summed E-state index contributed by atoms with van der Waals surface area (Å²) in [5, 5.41) is 3.39. The van der Waals surface area contributed by atoms with Crippen molar-refractivity contribution in [1.82, 2.24) is 5.32 Å². The summed E-state index contributed by atoms with van der Waals surface area (Å²) in [6.07, 6.45) is 0. The van der Waals surface area contributed by atoms with Crippen molar-refractivity contribution in [2.75, 3.05) is 20.3 Å². The summed E-state index contributed by atoms with van der Waals surface area (Å²) in [6.45, 7) is 5.69. The topological polar surface area (TPSA) is 30.5 Å². The molecule has 0 fully saturated rings. The lowest BCUT2D eigenvalue weighted by Gasteiger charge is -2.17. The van der Waals surface area contributed by atoms with Crippen LogP contribution in [-0.2, 0) is 0 Å². The lowest BCUT2D eigenvalue weighted by Crippen LogP contribution is -2.16. The summed E-state index contributed by atoms with van der Waals surface area (Å²) in [7, 11) is 1.99. The number of rotatable bonds is 3. The molecule has 0 amide bonds. The minimum Gasteiger partial charge on any atom is -0.489 e. The largest absolute Gasteiger partial charge is 0.489 e. The third-order valence-corrected chi connectivity index (χ3v) is 4.75. The number of nitrogens with one attached hydrogen (secondary N) is 1. The Labute approximate surface area is 129 Å². The van der Waals surface area contributed by atoms with Crippen molar-refractivity contribution in [3.8, 4) is 11.5 Å². The first-order chi connectivity index (χ1) is 10.2. The van der Waals surface area contributed by atoms with Gasteiger partial charge in [0.15, 0.2) is 11.5 Å². The molecule has 1 aliphatic heterocycles. The highest BCUT2D eigenvalue weighted by Crippen LogP contribution is 2.36. The lowest BCUT2D eigenvalue weighted by molar-refractivity contribution is 0.228. The van der Waals surface area contributed by atoms with Gasteiger partial charge in [0, 0.05) is 15.7 Å². The zero-order valence-corrected chi connectivity index (χ0v) is 13.5. The molecule has 0 bridgehead atoms. The van der Waals surface area contributed by atoms with Gasteiger partial charge in [-0.15, -0.1) is 11.3 Å². The second-order valence-electron chi connectivity index (χ2n) is 5.60. The molecular weight excluding hydrogens is 282 g/mol. The summed E-state index contributed by atoms with van der Waals surface area (Å²) in [5.74, 6) is 2.12. The Hall–Kier alpha value is -1.52. The van der Waals surface area contributed by atoms with E-state index in [-0.39, 0.29) is 6.04 Å². The van der Waals surface area contributed by atoms with Gasteiger partial charge in [-0.05, 0) is 43.8 Å². The lowest BCUT2D eigenvalue weighted by atomic mass is 10.0. The van der Waals surface area contributed by atoms with Crippen LogP contribution in [0.4, 0.5) is 0 Å². The van der Waals surface area contributed by atoms with Crippen molar-refractivity contribution in [3.63, 3.8) is 0 Å². The highest BCUT2D eigenvalue weighted by Gasteiger charge is 2.19. The van der Waals surface area contributed by atoms with E-state index in [0.29, 0.717) is 19.1 Å². The van der Waals surface area contributed by atoms with E-state index in [4.69, 9.17) is 9.47 Å². The Morgan fingerprint density at radius 3 is 2.57 bits per heavy atom. The normalized spacial score (nSPS) is 19.1. The van der Waals surface area contributed by atoms with Crippen LogP contribution in [0.25, 0.3) is 0 Å². The predicted octanol–water partition coefficient (Wildman–Crippen LogP) is 3.77. The van der Waals surface area contributed by atoms with Crippen LogP contribution in [0.3, 0.4) is 0 Å². The average molecular weight is 303 g/mol. The first kappa shape index (κ1) is 14.4. The Morgan fingerprint density at radius 1 is 1.14 bits per heavy atom. The molecule has 2 unspecified atom stereocenters. The first-order valence-corrected chi connectivity index (χ1v) is 8.12. The molecule has 1 aliphatic rings. The maximum absolute atomic E-state index is 5.89. The molecule has 0 radical (unpaired) electrons. The van der Waals surface area contributed by atoms with Crippen LogP contribution in [-0.4, -0.2) is 20.3 Å². The fourth-order valence-corrected chi connectivity index (χ4v) is 3.55. The minimum atomic E-state index is 0.193. The van der Waals surface area contributed by atoms with Gasteiger partial charge in [0.25, 0.3) is 0 Å². The number of fused-ring (bicyclic) bond motifs is 1. The zero-order chi connectivity index (χ0) is 14.8. The molecular formula is C17H21NO2S. The summed E-state index contributed by atoms with van der Waals surface area (Å²) in [5.41, 5.74) is 1.20. The molecule has 2 aromatic rings. The molecule has 21 heavy (non-hydrogen) atoms. The van der Waals surface area contributed by atoms with E-state index in [9.17, 15) is 0 Å². The van der Waals surface area contributed by atoms with Gasteiger partial charge < -0.3 is 14.8 Å². The van der Waals surface area contributed by atoms with Gasteiger partial charge in [0.2, 0.25) is 0 Å². The molecule has 1 N–H and O–H groups in total. The quantitative estimate of drug-likeness (QED) is 0.936. The van der Waals surface area contributed by atoms with Crippen molar-refractivity contribution in [2.24, 2.45) is 5.92 Å². The summed E-state index contributed by atoms with van der Waals surface area (Å²) >= 11 is 1.82. The first-order valence-electron chi connectivity index (χ1n) is 7.30. The van der Waals surface area contributed by atoms with E-state index in [1.54, 1.807) is 0 Å². The number of thiophene rings is 1. The Bertz CT molecular complexity index is 623. The molecule has 0 aliphatic carbocycles. The smallest absolute Gasteiger partial charge is 0.161 e. The molecule has 1 aromatic carbocycles. The van der Waals surface area contributed by atoms with Gasteiger partial charge in [-0.1, -0.05) is 13.0 Å². The maximum Gasteiger partial charge on any atom is 0.161 e. The molecule has 3 nitrogen and oxygen atoms in total. The van der Waals surface area contributed by atoms with Crippen molar-refractivity contribution in [3.05, 3.63) is 45.6 Å². The van der Waals surface area contributed by atoms with E-state index < -0.39 is 0 Å². The number of hydrogen-bond acceptors (Lipinski definition) is 4. The SMILES string of the molecule is CNC(c1ccc2c(c1)OCC(C)CO2)c1ccc(C)s1. The predicted molar refractivity (Wildman–Crippen MR) is 86.6 cm³/mol. The molecule has 0 spiro atoms. The number of benzene rings is 1. The van der Waals surface area contributed by atoms with Crippen molar-refractivity contribution in [2.45, 2.75) is 19.9 Å². The molecule has 3 rings (SSSR count). The van der Waals surface area contributed by atoms with Crippen LogP contribution in [0.1, 0.15) is 28.3 Å². The molecule has 1 aromatic heterocycles. The number of aryl methyl sites for hydroxylation is 1. The standard InChI is InChI=1S/C17H21NO2S/c1-11-9-19-14-6-5-13(8-15(14)20-10-11)17(18-3)16-7-4-12(2)21-16/h4-8,11,17-18H,9-10H2,1-3H3. The van der Waals surface area contributed by atoms with Crippen molar-refractivity contribution in [1.29, 1.82) is 0 Å². The molecule has 2 atom stereocenters. The molecule has 4 heteroatoms. The monoisotopic (exact) mass is 303 g/mol. The van der Waals surface area contributed by atoms with Gasteiger partial charge in [-0.2, -0.15) is 0 Å². The Morgan fingerprint density at radius 2 is 1.90 bits per heavy atom. The van der Waals surface area contributed by atoms with E-state index in [0.717, 1.165) is 11.5 Å². The summed E-state index contributed by atoms with van der Waals surface area (Å²) < 4.78 is 11.7. The van der Waals surface area contributed by atoms with Crippen molar-refractivity contribution < 1.29 is 9.47 Å². The molecule has 0 saturated heterocycles. The van der Waals surface area contributed by atoms with Crippen LogP contribution < -0.4 is 14.8 Å². The van der Waals surface area contributed by atoms with E-state index in [1.807, 2.05) is 24.5 Å². The number of ether oxygens (including phenoxy) is 2. The van der Waals surface area contributed by atoms with Crippen LogP contribution >= 0.6 is 11.3 Å². The van der Waals surface area contributed by atoms with Gasteiger partial charge in [0.1, 0.15) is 0 Å². The summed E-state index contributed by atoms with van der Waals surface area (Å²) in [6, 6.07) is 10.8. The fraction of sp³-hybridized carbons (Fsp3) is 0.412. The third kappa shape index (κ3) is 3.06. The molecule has 2 heterocycles. The van der Waals surface area contributed by atoms with E-state index in [2.05, 4.69) is 43.4 Å². The van der Waals surface area contributed by atoms with Crippen LogP contribution in [0.2, 0.25) is 0 Å². The van der Waals surface area contributed by atoms with E-state index >= 15 is 0 Å². The van der Waals surface area contributed by atoms with Gasteiger partial charge >= 0.3 is 0 Å². The van der Waals surface area contributed by atoms with Crippen LogP contribution in [0.5, 0.6) is 11.5 Å². The fourth-order valence-electron chi connectivity index (χ4n) is 2.53. The van der Waals surface area contributed by atoms with Crippen LogP contribution in [0, 0.1) is 12.8 Å². The van der Waals surface area contributed by atoms with Gasteiger partial charge in [-0.25, -0.2) is 0 Å². The van der Waals surface area contributed by atoms with Crippen LogP contribution in [0.15, 0.2) is 30.3 Å².